The highest BCUT2D eigenvalue weighted by molar-refractivity contribution is 14.0. The molecule has 0 saturated carbocycles. The van der Waals surface area contributed by atoms with Gasteiger partial charge in [-0.25, -0.2) is 8.42 Å². The van der Waals surface area contributed by atoms with Gasteiger partial charge in [-0.05, 0) is 39.0 Å². The molecule has 1 saturated heterocycles. The number of likely N-dealkylation sites (tertiary alicyclic amines) is 1. The zero-order chi connectivity index (χ0) is 16.3. The Balaban J connectivity index is 0.00000441. The molecule has 132 valence electrons. The SMILES string of the molecule is CN=C(NCCS(=O)(=O)C(C)(C)C)N1CC(C)CC(C)C1.I. The third kappa shape index (κ3) is 6.22. The minimum absolute atomic E-state index is 0. The molecule has 0 bridgehead atoms. The first kappa shape index (κ1) is 21.9. The second kappa shape index (κ2) is 8.70. The van der Waals surface area contributed by atoms with Crippen LogP contribution in [0.2, 0.25) is 0 Å². The number of nitrogens with zero attached hydrogens (tertiary/aromatic N) is 2. The van der Waals surface area contributed by atoms with Crippen LogP contribution in [0, 0.1) is 11.8 Å². The highest BCUT2D eigenvalue weighted by Crippen LogP contribution is 2.21. The van der Waals surface area contributed by atoms with Gasteiger partial charge >= 0.3 is 0 Å². The van der Waals surface area contributed by atoms with Gasteiger partial charge in [0, 0.05) is 26.7 Å². The molecule has 1 aliphatic rings. The van der Waals surface area contributed by atoms with Gasteiger partial charge < -0.3 is 10.2 Å². The zero-order valence-corrected chi connectivity index (χ0v) is 17.9. The first-order valence-electron chi connectivity index (χ1n) is 7.74. The predicted octanol–water partition coefficient (Wildman–Crippen LogP) is 2.37. The summed E-state index contributed by atoms with van der Waals surface area (Å²) in [7, 11) is -1.34. The van der Waals surface area contributed by atoms with Gasteiger partial charge in [-0.1, -0.05) is 13.8 Å². The van der Waals surface area contributed by atoms with E-state index in [0.29, 0.717) is 18.4 Å². The van der Waals surface area contributed by atoms with Crippen LogP contribution in [0.1, 0.15) is 41.0 Å². The van der Waals surface area contributed by atoms with E-state index in [0.717, 1.165) is 19.0 Å². The third-order valence-electron chi connectivity index (χ3n) is 3.97. The molecule has 0 aliphatic carbocycles. The number of halogens is 1. The van der Waals surface area contributed by atoms with Gasteiger partial charge in [0.25, 0.3) is 0 Å². The molecule has 0 spiro atoms. The van der Waals surface area contributed by atoms with E-state index >= 15 is 0 Å². The van der Waals surface area contributed by atoms with Crippen molar-refractivity contribution in [1.29, 1.82) is 0 Å². The van der Waals surface area contributed by atoms with Crippen LogP contribution >= 0.6 is 24.0 Å². The number of nitrogens with one attached hydrogen (secondary N) is 1. The van der Waals surface area contributed by atoms with Crippen molar-refractivity contribution in [3.63, 3.8) is 0 Å². The van der Waals surface area contributed by atoms with E-state index in [2.05, 4.69) is 29.1 Å². The van der Waals surface area contributed by atoms with E-state index in [1.807, 2.05) is 0 Å². The summed E-state index contributed by atoms with van der Waals surface area (Å²) in [5.41, 5.74) is 0. The fraction of sp³-hybridized carbons (Fsp3) is 0.933. The molecule has 0 aromatic rings. The molecule has 5 nitrogen and oxygen atoms in total. The van der Waals surface area contributed by atoms with Crippen LogP contribution in [0.3, 0.4) is 0 Å². The largest absolute Gasteiger partial charge is 0.355 e. The first-order chi connectivity index (χ1) is 9.56. The summed E-state index contributed by atoms with van der Waals surface area (Å²) in [6, 6.07) is 0. The first-order valence-corrected chi connectivity index (χ1v) is 9.40. The quantitative estimate of drug-likeness (QED) is 0.412. The minimum Gasteiger partial charge on any atom is -0.355 e. The Labute approximate surface area is 153 Å². The molecule has 0 radical (unpaired) electrons. The lowest BCUT2D eigenvalue weighted by Crippen LogP contribution is -2.49. The smallest absolute Gasteiger partial charge is 0.193 e. The van der Waals surface area contributed by atoms with Crippen molar-refractivity contribution in [2.45, 2.75) is 45.8 Å². The molecule has 2 atom stereocenters. The Hall–Kier alpha value is -0.0500. The van der Waals surface area contributed by atoms with Gasteiger partial charge in [-0.2, -0.15) is 0 Å². The summed E-state index contributed by atoms with van der Waals surface area (Å²) < 4.78 is 23.5. The van der Waals surface area contributed by atoms with Crippen LogP contribution in [-0.2, 0) is 9.84 Å². The van der Waals surface area contributed by atoms with E-state index in [1.165, 1.54) is 6.42 Å². The molecule has 1 heterocycles. The van der Waals surface area contributed by atoms with Crippen molar-refractivity contribution < 1.29 is 8.42 Å². The van der Waals surface area contributed by atoms with Crippen LogP contribution in [0.4, 0.5) is 0 Å². The molecule has 1 aliphatic heterocycles. The van der Waals surface area contributed by atoms with Gasteiger partial charge in [0.1, 0.15) is 0 Å². The predicted molar refractivity (Wildman–Crippen MR) is 105 cm³/mol. The minimum atomic E-state index is -3.09. The topological polar surface area (TPSA) is 61.8 Å². The van der Waals surface area contributed by atoms with E-state index in [4.69, 9.17) is 0 Å². The van der Waals surface area contributed by atoms with Crippen molar-refractivity contribution in [3.05, 3.63) is 0 Å². The molecule has 7 heteroatoms. The standard InChI is InChI=1S/C15H31N3O2S.HI/c1-12-9-13(2)11-18(10-12)14(16-6)17-7-8-21(19,20)15(3,4)5;/h12-13H,7-11H2,1-6H3,(H,16,17);1H. The number of aliphatic imine (C=N–C) groups is 1. The molecule has 0 aromatic heterocycles. The fourth-order valence-electron chi connectivity index (χ4n) is 2.77. The van der Waals surface area contributed by atoms with Crippen LogP contribution in [0.25, 0.3) is 0 Å². The van der Waals surface area contributed by atoms with Crippen LogP contribution in [0.5, 0.6) is 0 Å². The number of hydrogen-bond acceptors (Lipinski definition) is 3. The number of piperidine rings is 1. The van der Waals surface area contributed by atoms with Crippen LogP contribution in [0.15, 0.2) is 4.99 Å². The fourth-order valence-corrected chi connectivity index (χ4v) is 3.75. The van der Waals surface area contributed by atoms with Gasteiger partial charge in [0.05, 0.1) is 10.5 Å². The van der Waals surface area contributed by atoms with Crippen molar-refractivity contribution in [1.82, 2.24) is 10.2 Å². The van der Waals surface area contributed by atoms with Crippen LogP contribution < -0.4 is 5.32 Å². The number of sulfone groups is 1. The Morgan fingerprint density at radius 2 is 1.73 bits per heavy atom. The summed E-state index contributed by atoms with van der Waals surface area (Å²) in [6.45, 7) is 12.1. The number of hydrogen-bond donors (Lipinski definition) is 1. The second-order valence-electron chi connectivity index (χ2n) is 7.26. The van der Waals surface area contributed by atoms with Crippen LogP contribution in [-0.4, -0.2) is 56.5 Å². The van der Waals surface area contributed by atoms with E-state index < -0.39 is 14.6 Å². The monoisotopic (exact) mass is 445 g/mol. The molecule has 2 unspecified atom stereocenters. The number of rotatable bonds is 3. The summed E-state index contributed by atoms with van der Waals surface area (Å²) in [6.07, 6.45) is 1.24. The van der Waals surface area contributed by atoms with Crippen molar-refractivity contribution in [3.8, 4) is 0 Å². The van der Waals surface area contributed by atoms with Crippen molar-refractivity contribution in [2.24, 2.45) is 16.8 Å². The Morgan fingerprint density at radius 3 is 2.14 bits per heavy atom. The molecule has 1 rings (SSSR count). The molecule has 0 aromatic carbocycles. The maximum atomic E-state index is 12.1. The lowest BCUT2D eigenvalue weighted by atomic mass is 9.92. The summed E-state index contributed by atoms with van der Waals surface area (Å²) in [5.74, 6) is 2.24. The highest BCUT2D eigenvalue weighted by Gasteiger charge is 2.29. The maximum absolute atomic E-state index is 12.1. The van der Waals surface area contributed by atoms with E-state index in [-0.39, 0.29) is 29.7 Å². The second-order valence-corrected chi connectivity index (χ2v) is 10.1. The molecular weight excluding hydrogens is 413 g/mol. The molecule has 22 heavy (non-hydrogen) atoms. The summed E-state index contributed by atoms with van der Waals surface area (Å²) in [4.78, 5) is 6.54. The Bertz CT molecular complexity index is 462. The van der Waals surface area contributed by atoms with E-state index in [1.54, 1.807) is 27.8 Å². The number of guanidine groups is 1. The van der Waals surface area contributed by atoms with Crippen molar-refractivity contribution >= 4 is 39.8 Å². The average Bonchev–Trinajstić information content (AvgIpc) is 2.31. The Kier molecular flexibility index (Phi) is 8.68. The lowest BCUT2D eigenvalue weighted by molar-refractivity contribution is 0.209. The van der Waals surface area contributed by atoms with Gasteiger partial charge in [-0.15, -0.1) is 24.0 Å². The van der Waals surface area contributed by atoms with Crippen molar-refractivity contribution in [2.75, 3.05) is 32.4 Å². The Morgan fingerprint density at radius 1 is 1.23 bits per heavy atom. The highest BCUT2D eigenvalue weighted by atomic mass is 127. The maximum Gasteiger partial charge on any atom is 0.193 e. The summed E-state index contributed by atoms with van der Waals surface area (Å²) >= 11 is 0. The zero-order valence-electron chi connectivity index (χ0n) is 14.7. The van der Waals surface area contributed by atoms with E-state index in [9.17, 15) is 8.42 Å². The molecular formula is C15H32IN3O2S. The van der Waals surface area contributed by atoms with Gasteiger partial charge in [-0.3, -0.25) is 4.99 Å². The van der Waals surface area contributed by atoms with Gasteiger partial charge in [0.2, 0.25) is 0 Å². The molecule has 0 amide bonds. The van der Waals surface area contributed by atoms with Gasteiger partial charge in [0.15, 0.2) is 15.8 Å². The summed E-state index contributed by atoms with van der Waals surface area (Å²) in [5, 5.41) is 3.21. The lowest BCUT2D eigenvalue weighted by Gasteiger charge is -2.37. The molecule has 1 N–H and O–H groups in total. The molecule has 1 fully saturated rings. The normalized spacial score (nSPS) is 23.9. The average molecular weight is 445 g/mol. The third-order valence-corrected chi connectivity index (χ3v) is 6.57.